The number of carbonyl (C=O) groups excluding carboxylic acids is 1. The zero-order valence-electron chi connectivity index (χ0n) is 9.29. The summed E-state index contributed by atoms with van der Waals surface area (Å²) in [5.41, 5.74) is 1.03. The van der Waals surface area contributed by atoms with Crippen molar-refractivity contribution >= 4 is 29.0 Å². The van der Waals surface area contributed by atoms with Crippen LogP contribution in [0.3, 0.4) is 0 Å². The molecule has 18 heavy (non-hydrogen) atoms. The zero-order valence-corrected chi connectivity index (χ0v) is 10.8. The molecule has 0 radical (unpaired) electrons. The van der Waals surface area contributed by atoms with Gasteiger partial charge in [-0.1, -0.05) is 41.4 Å². The van der Waals surface area contributed by atoms with Gasteiger partial charge in [0.05, 0.1) is 5.02 Å². The topological polar surface area (TPSA) is 17.1 Å². The van der Waals surface area contributed by atoms with Gasteiger partial charge in [-0.25, -0.2) is 4.39 Å². The van der Waals surface area contributed by atoms with Crippen LogP contribution in [0.2, 0.25) is 10.0 Å². The van der Waals surface area contributed by atoms with Crippen molar-refractivity contribution in [2.24, 2.45) is 0 Å². The van der Waals surface area contributed by atoms with Gasteiger partial charge < -0.3 is 0 Å². The molecule has 0 amide bonds. The van der Waals surface area contributed by atoms with E-state index >= 15 is 0 Å². The highest BCUT2D eigenvalue weighted by Gasteiger charge is 2.13. The Kier molecular flexibility index (Phi) is 4.00. The molecule has 0 aromatic heterocycles. The molecule has 2 rings (SSSR count). The molecule has 92 valence electrons. The summed E-state index contributed by atoms with van der Waals surface area (Å²) >= 11 is 11.8. The Hall–Kier alpha value is -1.38. The van der Waals surface area contributed by atoms with E-state index in [-0.39, 0.29) is 17.2 Å². The molecule has 0 atom stereocenters. The van der Waals surface area contributed by atoms with Crippen molar-refractivity contribution in [1.82, 2.24) is 0 Å². The fraction of sp³-hybridized carbons (Fsp3) is 0.0714. The lowest BCUT2D eigenvalue weighted by Crippen LogP contribution is -2.05. The van der Waals surface area contributed by atoms with E-state index in [0.29, 0.717) is 10.6 Å². The summed E-state index contributed by atoms with van der Waals surface area (Å²) in [6, 6.07) is 10.8. The van der Waals surface area contributed by atoms with E-state index in [1.54, 1.807) is 24.3 Å². The lowest BCUT2D eigenvalue weighted by atomic mass is 10.0. The van der Waals surface area contributed by atoms with Gasteiger partial charge in [0.15, 0.2) is 5.78 Å². The van der Waals surface area contributed by atoms with Crippen LogP contribution in [0.25, 0.3) is 0 Å². The highest BCUT2D eigenvalue weighted by molar-refractivity contribution is 6.34. The normalized spacial score (nSPS) is 10.4. The molecule has 0 aliphatic carbocycles. The molecule has 2 aromatic carbocycles. The molecule has 0 heterocycles. The maximum absolute atomic E-state index is 12.9. The van der Waals surface area contributed by atoms with E-state index < -0.39 is 5.82 Å². The third kappa shape index (κ3) is 2.89. The SMILES string of the molecule is O=C(Cc1ccccc1Cl)c1ccc(F)cc1Cl. The molecule has 0 saturated carbocycles. The second kappa shape index (κ2) is 5.51. The predicted octanol–water partition coefficient (Wildman–Crippen LogP) is 4.56. The minimum absolute atomic E-state index is 0.118. The molecule has 4 heteroatoms. The molecule has 0 saturated heterocycles. The minimum Gasteiger partial charge on any atom is -0.294 e. The van der Waals surface area contributed by atoms with Crippen LogP contribution in [-0.2, 0) is 6.42 Å². The van der Waals surface area contributed by atoms with Crippen LogP contribution >= 0.6 is 23.2 Å². The fourth-order valence-electron chi connectivity index (χ4n) is 1.63. The van der Waals surface area contributed by atoms with E-state index in [4.69, 9.17) is 23.2 Å². The molecule has 0 aliphatic rings. The molecule has 0 unspecified atom stereocenters. The lowest BCUT2D eigenvalue weighted by Gasteiger charge is -2.05. The Balaban J connectivity index is 2.25. The number of rotatable bonds is 3. The number of hydrogen-bond donors (Lipinski definition) is 0. The lowest BCUT2D eigenvalue weighted by molar-refractivity contribution is 0.0993. The van der Waals surface area contributed by atoms with Gasteiger partial charge in [0.25, 0.3) is 0 Å². The molecule has 0 spiro atoms. The van der Waals surface area contributed by atoms with E-state index in [0.717, 1.165) is 11.6 Å². The highest BCUT2D eigenvalue weighted by atomic mass is 35.5. The van der Waals surface area contributed by atoms with Gasteiger partial charge >= 0.3 is 0 Å². The maximum Gasteiger partial charge on any atom is 0.168 e. The summed E-state index contributed by atoms with van der Waals surface area (Å²) in [6.07, 6.45) is 0.144. The summed E-state index contributed by atoms with van der Waals surface area (Å²) in [6.45, 7) is 0. The first kappa shape index (κ1) is 13.1. The summed E-state index contributed by atoms with van der Waals surface area (Å²) in [5, 5.41) is 0.649. The third-order valence-corrected chi connectivity index (χ3v) is 3.22. The van der Waals surface area contributed by atoms with E-state index in [1.807, 2.05) is 0 Å². The summed E-state index contributed by atoms with van der Waals surface area (Å²) in [7, 11) is 0. The van der Waals surface area contributed by atoms with E-state index in [2.05, 4.69) is 0 Å². The summed E-state index contributed by atoms with van der Waals surface area (Å²) in [4.78, 5) is 12.0. The van der Waals surface area contributed by atoms with Gasteiger partial charge in [0.1, 0.15) is 5.82 Å². The third-order valence-electron chi connectivity index (χ3n) is 2.54. The van der Waals surface area contributed by atoms with Crippen molar-refractivity contribution in [3.63, 3.8) is 0 Å². The average molecular weight is 283 g/mol. The van der Waals surface area contributed by atoms with Gasteiger partial charge in [-0.05, 0) is 29.8 Å². The van der Waals surface area contributed by atoms with Crippen molar-refractivity contribution in [2.45, 2.75) is 6.42 Å². The fourth-order valence-corrected chi connectivity index (χ4v) is 2.10. The average Bonchev–Trinajstić information content (AvgIpc) is 2.32. The number of hydrogen-bond acceptors (Lipinski definition) is 1. The number of carbonyl (C=O) groups is 1. The van der Waals surface area contributed by atoms with Crippen LogP contribution in [0.15, 0.2) is 42.5 Å². The molecule has 0 bridgehead atoms. The molecule has 0 aliphatic heterocycles. The first-order valence-corrected chi connectivity index (χ1v) is 6.05. The van der Waals surface area contributed by atoms with Crippen LogP contribution in [0.4, 0.5) is 4.39 Å². The van der Waals surface area contributed by atoms with Crippen LogP contribution < -0.4 is 0 Å². The predicted molar refractivity (Wildman–Crippen MR) is 70.9 cm³/mol. The van der Waals surface area contributed by atoms with Crippen LogP contribution in [0.5, 0.6) is 0 Å². The Morgan fingerprint density at radius 1 is 1.06 bits per heavy atom. The van der Waals surface area contributed by atoms with Crippen LogP contribution in [0.1, 0.15) is 15.9 Å². The molecule has 1 nitrogen and oxygen atoms in total. The standard InChI is InChI=1S/C14H9Cl2FO/c15-12-4-2-1-3-9(12)7-14(18)11-6-5-10(17)8-13(11)16/h1-6,8H,7H2. The van der Waals surface area contributed by atoms with Gasteiger partial charge in [0.2, 0.25) is 0 Å². The van der Waals surface area contributed by atoms with E-state index in [9.17, 15) is 9.18 Å². The zero-order chi connectivity index (χ0) is 13.1. The van der Waals surface area contributed by atoms with Crippen molar-refractivity contribution < 1.29 is 9.18 Å². The number of Topliss-reactive ketones (excluding diaryl/α,β-unsaturated/α-hetero) is 1. The number of benzene rings is 2. The van der Waals surface area contributed by atoms with Crippen molar-refractivity contribution in [2.75, 3.05) is 0 Å². The summed E-state index contributed by atoms with van der Waals surface area (Å²) < 4.78 is 12.9. The van der Waals surface area contributed by atoms with Crippen molar-refractivity contribution in [3.8, 4) is 0 Å². The Bertz CT molecular complexity index is 596. The number of halogens is 3. The van der Waals surface area contributed by atoms with Gasteiger partial charge in [0, 0.05) is 17.0 Å². The monoisotopic (exact) mass is 282 g/mol. The minimum atomic E-state index is -0.464. The van der Waals surface area contributed by atoms with Crippen molar-refractivity contribution in [3.05, 3.63) is 69.5 Å². The molecular weight excluding hydrogens is 274 g/mol. The van der Waals surface area contributed by atoms with Crippen LogP contribution in [-0.4, -0.2) is 5.78 Å². The molecule has 2 aromatic rings. The van der Waals surface area contributed by atoms with Gasteiger partial charge in [-0.15, -0.1) is 0 Å². The van der Waals surface area contributed by atoms with Crippen LogP contribution in [0, 0.1) is 5.82 Å². The summed E-state index contributed by atoms with van der Waals surface area (Å²) in [5.74, 6) is -0.651. The quantitative estimate of drug-likeness (QED) is 0.755. The molecule has 0 N–H and O–H groups in total. The maximum atomic E-state index is 12.9. The van der Waals surface area contributed by atoms with Crippen molar-refractivity contribution in [1.29, 1.82) is 0 Å². The first-order valence-electron chi connectivity index (χ1n) is 5.29. The smallest absolute Gasteiger partial charge is 0.168 e. The van der Waals surface area contributed by atoms with Gasteiger partial charge in [-0.3, -0.25) is 4.79 Å². The number of ketones is 1. The Morgan fingerprint density at radius 3 is 2.44 bits per heavy atom. The first-order chi connectivity index (χ1) is 8.58. The second-order valence-electron chi connectivity index (χ2n) is 3.82. The van der Waals surface area contributed by atoms with Gasteiger partial charge in [-0.2, -0.15) is 0 Å². The van der Waals surface area contributed by atoms with E-state index in [1.165, 1.54) is 12.1 Å². The molecule has 0 fully saturated rings. The molecular formula is C14H9Cl2FO. The highest BCUT2D eigenvalue weighted by Crippen LogP contribution is 2.22. The Labute approximate surface area is 114 Å². The Morgan fingerprint density at radius 2 is 1.78 bits per heavy atom. The second-order valence-corrected chi connectivity index (χ2v) is 4.63. The largest absolute Gasteiger partial charge is 0.294 e.